The molecule has 0 unspecified atom stereocenters. The minimum absolute atomic E-state index is 0.0564. The van der Waals surface area contributed by atoms with E-state index in [0.717, 1.165) is 25.9 Å². The minimum atomic E-state index is -3.86. The van der Waals surface area contributed by atoms with Crippen molar-refractivity contribution >= 4 is 37.1 Å². The van der Waals surface area contributed by atoms with Crippen molar-refractivity contribution in [3.8, 4) is 0 Å². The summed E-state index contributed by atoms with van der Waals surface area (Å²) in [4.78, 5) is 19.4. The molecule has 1 saturated carbocycles. The fourth-order valence-electron chi connectivity index (χ4n) is 3.62. The zero-order valence-electron chi connectivity index (χ0n) is 14.7. The van der Waals surface area contributed by atoms with Crippen molar-refractivity contribution in [1.82, 2.24) is 4.98 Å². The number of halogens is 1. The van der Waals surface area contributed by atoms with Crippen molar-refractivity contribution in [2.75, 3.05) is 23.3 Å². The van der Waals surface area contributed by atoms with Crippen molar-refractivity contribution in [3.63, 3.8) is 0 Å². The fraction of sp³-hybridized carbons (Fsp3) is 0.368. The number of amides is 1. The molecule has 2 fully saturated rings. The molecular formula is C19H20ClN3O3S. The number of nitrogens with zero attached hydrogens (tertiary/aromatic N) is 2. The lowest BCUT2D eigenvalue weighted by atomic mass is 9.93. The maximum atomic E-state index is 12.8. The van der Waals surface area contributed by atoms with Gasteiger partial charge >= 0.3 is 0 Å². The summed E-state index contributed by atoms with van der Waals surface area (Å²) in [6.45, 7) is 1.80. The summed E-state index contributed by atoms with van der Waals surface area (Å²) in [6.07, 6.45) is 6.60. The maximum Gasteiger partial charge on any atom is 0.261 e. The third kappa shape index (κ3) is 3.94. The molecule has 1 amide bonds. The standard InChI is InChI=1S/C19H20ClN3O3S/c20-27(25,26)15-4-1-3-14(13-15)22-18(24)16-5-2-10-21-17(16)23-11-8-19(6-7-19)9-12-23/h1-5,10,13H,6-9,11-12H2,(H,22,24). The molecule has 2 aromatic rings. The summed E-state index contributed by atoms with van der Waals surface area (Å²) in [6, 6.07) is 9.35. The highest BCUT2D eigenvalue weighted by Crippen LogP contribution is 2.53. The second-order valence-electron chi connectivity index (χ2n) is 7.28. The average molecular weight is 406 g/mol. The first-order chi connectivity index (χ1) is 12.9. The van der Waals surface area contributed by atoms with E-state index in [4.69, 9.17) is 10.7 Å². The van der Waals surface area contributed by atoms with E-state index in [2.05, 4.69) is 15.2 Å². The third-order valence-electron chi connectivity index (χ3n) is 5.49. The highest BCUT2D eigenvalue weighted by Gasteiger charge is 2.44. The van der Waals surface area contributed by atoms with Crippen LogP contribution in [-0.2, 0) is 9.05 Å². The Bertz CT molecular complexity index is 979. The highest BCUT2D eigenvalue weighted by atomic mass is 35.7. The van der Waals surface area contributed by atoms with E-state index in [-0.39, 0.29) is 10.8 Å². The van der Waals surface area contributed by atoms with Gasteiger partial charge in [-0.05, 0) is 61.4 Å². The van der Waals surface area contributed by atoms with Gasteiger partial charge in [-0.1, -0.05) is 6.07 Å². The van der Waals surface area contributed by atoms with E-state index < -0.39 is 9.05 Å². The zero-order chi connectivity index (χ0) is 19.1. The van der Waals surface area contributed by atoms with Crippen LogP contribution < -0.4 is 10.2 Å². The van der Waals surface area contributed by atoms with E-state index in [9.17, 15) is 13.2 Å². The molecule has 2 aliphatic rings. The number of rotatable bonds is 4. The number of hydrogen-bond acceptors (Lipinski definition) is 5. The van der Waals surface area contributed by atoms with E-state index >= 15 is 0 Å². The molecular weight excluding hydrogens is 386 g/mol. The lowest BCUT2D eigenvalue weighted by molar-refractivity contribution is 0.102. The molecule has 1 N–H and O–H groups in total. The van der Waals surface area contributed by atoms with Crippen LogP contribution in [0.2, 0.25) is 0 Å². The second kappa shape index (κ2) is 6.80. The number of nitrogens with one attached hydrogen (secondary N) is 1. The molecule has 1 aliphatic heterocycles. The molecule has 1 aliphatic carbocycles. The summed E-state index contributed by atoms with van der Waals surface area (Å²) < 4.78 is 23.0. The largest absolute Gasteiger partial charge is 0.356 e. The van der Waals surface area contributed by atoms with Crippen LogP contribution in [0.4, 0.5) is 11.5 Å². The second-order valence-corrected chi connectivity index (χ2v) is 9.85. The summed E-state index contributed by atoms with van der Waals surface area (Å²) in [5.74, 6) is 0.348. The molecule has 0 bridgehead atoms. The van der Waals surface area contributed by atoms with Gasteiger partial charge in [0.1, 0.15) is 5.82 Å². The summed E-state index contributed by atoms with van der Waals surface area (Å²) in [5.41, 5.74) is 1.39. The van der Waals surface area contributed by atoms with Crippen LogP contribution in [0.3, 0.4) is 0 Å². The monoisotopic (exact) mass is 405 g/mol. The van der Waals surface area contributed by atoms with Gasteiger partial charge in [0.05, 0.1) is 10.5 Å². The fourth-order valence-corrected chi connectivity index (χ4v) is 4.42. The van der Waals surface area contributed by atoms with Crippen LogP contribution in [0.15, 0.2) is 47.5 Å². The minimum Gasteiger partial charge on any atom is -0.356 e. The molecule has 0 atom stereocenters. The molecule has 0 radical (unpaired) electrons. The Morgan fingerprint density at radius 2 is 1.85 bits per heavy atom. The summed E-state index contributed by atoms with van der Waals surface area (Å²) in [7, 11) is 1.53. The van der Waals surface area contributed by atoms with Crippen LogP contribution in [0, 0.1) is 5.41 Å². The predicted octanol–water partition coefficient (Wildman–Crippen LogP) is 3.64. The van der Waals surface area contributed by atoms with Gasteiger partial charge in [0.15, 0.2) is 0 Å². The van der Waals surface area contributed by atoms with Gasteiger partial charge in [-0.25, -0.2) is 13.4 Å². The lowest BCUT2D eigenvalue weighted by Gasteiger charge is -2.33. The van der Waals surface area contributed by atoms with Crippen LogP contribution in [0.1, 0.15) is 36.0 Å². The van der Waals surface area contributed by atoms with E-state index in [1.165, 1.54) is 31.0 Å². The Morgan fingerprint density at radius 1 is 1.11 bits per heavy atom. The van der Waals surface area contributed by atoms with Crippen LogP contribution >= 0.6 is 10.7 Å². The number of benzene rings is 1. The van der Waals surface area contributed by atoms with Crippen LogP contribution in [0.25, 0.3) is 0 Å². The van der Waals surface area contributed by atoms with Gasteiger partial charge in [0.2, 0.25) is 0 Å². The Kier molecular flexibility index (Phi) is 4.60. The molecule has 2 heterocycles. The van der Waals surface area contributed by atoms with Gasteiger partial charge < -0.3 is 10.2 Å². The van der Waals surface area contributed by atoms with Gasteiger partial charge in [-0.3, -0.25) is 4.79 Å². The Hall–Kier alpha value is -2.12. The van der Waals surface area contributed by atoms with Crippen LogP contribution in [0.5, 0.6) is 0 Å². The Labute approximate surface area is 163 Å². The van der Waals surface area contributed by atoms with Crippen molar-refractivity contribution in [2.24, 2.45) is 5.41 Å². The van der Waals surface area contributed by atoms with Crippen molar-refractivity contribution in [3.05, 3.63) is 48.2 Å². The van der Waals surface area contributed by atoms with Crippen molar-refractivity contribution in [1.29, 1.82) is 0 Å². The number of pyridine rings is 1. The molecule has 27 heavy (non-hydrogen) atoms. The average Bonchev–Trinajstić information content (AvgIpc) is 3.41. The van der Waals surface area contributed by atoms with Gasteiger partial charge in [0, 0.05) is 35.7 Å². The van der Waals surface area contributed by atoms with Gasteiger partial charge in [0.25, 0.3) is 15.0 Å². The van der Waals surface area contributed by atoms with Gasteiger partial charge in [-0.15, -0.1) is 0 Å². The molecule has 4 rings (SSSR count). The topological polar surface area (TPSA) is 79.4 Å². The molecule has 8 heteroatoms. The summed E-state index contributed by atoms with van der Waals surface area (Å²) in [5, 5.41) is 2.75. The number of carbonyl (C=O) groups is 1. The highest BCUT2D eigenvalue weighted by molar-refractivity contribution is 8.13. The molecule has 142 valence electrons. The number of piperidine rings is 1. The Balaban J connectivity index is 1.54. The number of hydrogen-bond donors (Lipinski definition) is 1. The van der Waals surface area contributed by atoms with E-state index in [1.54, 1.807) is 24.4 Å². The van der Waals surface area contributed by atoms with Crippen molar-refractivity contribution < 1.29 is 13.2 Å². The van der Waals surface area contributed by atoms with E-state index in [1.807, 2.05) is 0 Å². The van der Waals surface area contributed by atoms with Gasteiger partial charge in [-0.2, -0.15) is 0 Å². The molecule has 1 saturated heterocycles. The third-order valence-corrected chi connectivity index (χ3v) is 6.84. The smallest absolute Gasteiger partial charge is 0.261 e. The number of aromatic nitrogens is 1. The first kappa shape index (κ1) is 18.3. The normalized spacial score (nSPS) is 18.3. The van der Waals surface area contributed by atoms with E-state index in [0.29, 0.717) is 22.5 Å². The number of anilines is 2. The maximum absolute atomic E-state index is 12.8. The van der Waals surface area contributed by atoms with Crippen LogP contribution in [-0.4, -0.2) is 32.4 Å². The Morgan fingerprint density at radius 3 is 2.52 bits per heavy atom. The quantitative estimate of drug-likeness (QED) is 0.785. The number of carbonyl (C=O) groups excluding carboxylic acids is 1. The molecule has 1 aromatic carbocycles. The lowest BCUT2D eigenvalue weighted by Crippen LogP contribution is -2.36. The van der Waals surface area contributed by atoms with Crippen molar-refractivity contribution in [2.45, 2.75) is 30.6 Å². The summed E-state index contributed by atoms with van der Waals surface area (Å²) >= 11 is 0. The molecule has 6 nitrogen and oxygen atoms in total. The first-order valence-corrected chi connectivity index (χ1v) is 11.2. The molecule has 1 aromatic heterocycles. The molecule has 1 spiro atoms. The predicted molar refractivity (Wildman–Crippen MR) is 105 cm³/mol. The SMILES string of the molecule is O=C(Nc1cccc(S(=O)(=O)Cl)c1)c1cccnc1N1CCC2(CC1)CC2. The first-order valence-electron chi connectivity index (χ1n) is 8.92. The zero-order valence-corrected chi connectivity index (χ0v) is 16.3.